The Kier molecular flexibility index (Phi) is 6.40. The maximum Gasteiger partial charge on any atom is 0.216 e. The molecule has 2 heterocycles. The van der Waals surface area contributed by atoms with E-state index in [0.29, 0.717) is 6.54 Å². The SMILES string of the molecule is CCc1nn(C)c(OC)c1CNC1=NCCCN1.I. The van der Waals surface area contributed by atoms with Crippen molar-refractivity contribution in [1.82, 2.24) is 20.4 Å². The van der Waals surface area contributed by atoms with Gasteiger partial charge in [-0.2, -0.15) is 5.10 Å². The van der Waals surface area contributed by atoms with Gasteiger partial charge >= 0.3 is 0 Å². The highest BCUT2D eigenvalue weighted by molar-refractivity contribution is 14.0. The van der Waals surface area contributed by atoms with Crippen molar-refractivity contribution >= 4 is 29.9 Å². The molecule has 6 nitrogen and oxygen atoms in total. The minimum absolute atomic E-state index is 0. The van der Waals surface area contributed by atoms with E-state index < -0.39 is 0 Å². The number of methoxy groups -OCH3 is 1. The zero-order chi connectivity index (χ0) is 13.0. The van der Waals surface area contributed by atoms with Gasteiger partial charge in [-0.15, -0.1) is 24.0 Å². The van der Waals surface area contributed by atoms with Crippen LogP contribution in [0.3, 0.4) is 0 Å². The number of aliphatic imine (C=N–C) groups is 1. The average molecular weight is 379 g/mol. The van der Waals surface area contributed by atoms with E-state index in [2.05, 4.69) is 27.6 Å². The summed E-state index contributed by atoms with van der Waals surface area (Å²) in [4.78, 5) is 4.39. The Morgan fingerprint density at radius 3 is 2.84 bits per heavy atom. The Morgan fingerprint density at radius 1 is 1.47 bits per heavy atom. The predicted octanol–water partition coefficient (Wildman–Crippen LogP) is 1.05. The van der Waals surface area contributed by atoms with Gasteiger partial charge in [0.1, 0.15) is 0 Å². The number of nitrogens with zero attached hydrogens (tertiary/aromatic N) is 3. The van der Waals surface area contributed by atoms with E-state index in [1.807, 2.05) is 7.05 Å². The summed E-state index contributed by atoms with van der Waals surface area (Å²) in [5.74, 6) is 1.69. The van der Waals surface area contributed by atoms with Crippen LogP contribution in [0.1, 0.15) is 24.6 Å². The second-order valence-electron chi connectivity index (χ2n) is 4.28. The first-order valence-corrected chi connectivity index (χ1v) is 6.37. The molecule has 1 aliphatic rings. The summed E-state index contributed by atoms with van der Waals surface area (Å²) in [6.45, 7) is 4.66. The molecule has 0 saturated heterocycles. The first-order chi connectivity index (χ1) is 8.76. The van der Waals surface area contributed by atoms with Crippen molar-refractivity contribution in [2.75, 3.05) is 20.2 Å². The molecule has 0 atom stereocenters. The van der Waals surface area contributed by atoms with E-state index in [4.69, 9.17) is 4.74 Å². The monoisotopic (exact) mass is 379 g/mol. The van der Waals surface area contributed by atoms with Gasteiger partial charge in [-0.3, -0.25) is 4.99 Å². The number of ether oxygens (including phenoxy) is 1. The van der Waals surface area contributed by atoms with Gasteiger partial charge in [0.2, 0.25) is 5.88 Å². The largest absolute Gasteiger partial charge is 0.481 e. The second kappa shape index (κ2) is 7.56. The third-order valence-electron chi connectivity index (χ3n) is 3.03. The lowest BCUT2D eigenvalue weighted by Gasteiger charge is -2.16. The zero-order valence-electron chi connectivity index (χ0n) is 11.7. The van der Waals surface area contributed by atoms with Gasteiger partial charge in [0, 0.05) is 20.1 Å². The van der Waals surface area contributed by atoms with Crippen molar-refractivity contribution < 1.29 is 4.74 Å². The number of hydrogen-bond donors (Lipinski definition) is 2. The van der Waals surface area contributed by atoms with E-state index >= 15 is 0 Å². The standard InChI is InChI=1S/C12H21N5O.HI/c1-4-10-9(11(18-3)17(2)16-10)8-15-12-13-6-5-7-14-12;/h4-8H2,1-3H3,(H2,13,14,15);1H. The van der Waals surface area contributed by atoms with Gasteiger partial charge in [-0.1, -0.05) is 6.92 Å². The van der Waals surface area contributed by atoms with Crippen LogP contribution in [-0.2, 0) is 20.0 Å². The molecule has 0 unspecified atom stereocenters. The van der Waals surface area contributed by atoms with Gasteiger partial charge in [0.05, 0.1) is 24.9 Å². The van der Waals surface area contributed by atoms with E-state index in [1.54, 1.807) is 11.8 Å². The molecule has 0 saturated carbocycles. The van der Waals surface area contributed by atoms with Gasteiger partial charge in [-0.05, 0) is 12.8 Å². The summed E-state index contributed by atoms with van der Waals surface area (Å²) >= 11 is 0. The molecule has 108 valence electrons. The van der Waals surface area contributed by atoms with Gasteiger partial charge in [-0.25, -0.2) is 4.68 Å². The highest BCUT2D eigenvalue weighted by Gasteiger charge is 2.16. The number of aromatic nitrogens is 2. The highest BCUT2D eigenvalue weighted by Crippen LogP contribution is 2.21. The Labute approximate surface area is 131 Å². The molecule has 0 amide bonds. The van der Waals surface area contributed by atoms with Crippen LogP contribution in [0.2, 0.25) is 0 Å². The van der Waals surface area contributed by atoms with Gasteiger partial charge in [0.15, 0.2) is 5.96 Å². The topological polar surface area (TPSA) is 63.5 Å². The molecule has 19 heavy (non-hydrogen) atoms. The summed E-state index contributed by atoms with van der Waals surface area (Å²) in [5.41, 5.74) is 2.18. The van der Waals surface area contributed by atoms with Crippen LogP contribution in [0, 0.1) is 0 Å². The smallest absolute Gasteiger partial charge is 0.216 e. The number of hydrogen-bond acceptors (Lipinski definition) is 5. The fraction of sp³-hybridized carbons (Fsp3) is 0.667. The lowest BCUT2D eigenvalue weighted by molar-refractivity contribution is 0.369. The van der Waals surface area contributed by atoms with Gasteiger partial charge < -0.3 is 15.4 Å². The van der Waals surface area contributed by atoms with Crippen molar-refractivity contribution in [1.29, 1.82) is 0 Å². The highest BCUT2D eigenvalue weighted by atomic mass is 127. The van der Waals surface area contributed by atoms with Crippen molar-refractivity contribution in [3.63, 3.8) is 0 Å². The molecule has 0 radical (unpaired) electrons. The first kappa shape index (κ1) is 16.1. The number of aryl methyl sites for hydroxylation is 2. The Hall–Kier alpha value is -0.990. The number of halogens is 1. The van der Waals surface area contributed by atoms with Crippen molar-refractivity contribution in [2.24, 2.45) is 12.0 Å². The Bertz CT molecular complexity index is 444. The maximum absolute atomic E-state index is 5.40. The summed E-state index contributed by atoms with van der Waals surface area (Å²) < 4.78 is 7.18. The van der Waals surface area contributed by atoms with Gasteiger partial charge in [0.25, 0.3) is 0 Å². The molecule has 0 fully saturated rings. The van der Waals surface area contributed by atoms with E-state index in [1.165, 1.54) is 0 Å². The molecule has 0 spiro atoms. The Morgan fingerprint density at radius 2 is 2.26 bits per heavy atom. The molecular formula is C12H22IN5O. The molecule has 0 aliphatic carbocycles. The lowest BCUT2D eigenvalue weighted by Crippen LogP contribution is -2.40. The summed E-state index contributed by atoms with van der Waals surface area (Å²) in [7, 11) is 3.58. The van der Waals surface area contributed by atoms with Crippen molar-refractivity contribution in [3.05, 3.63) is 11.3 Å². The molecule has 7 heteroatoms. The van der Waals surface area contributed by atoms with Crippen LogP contribution in [-0.4, -0.2) is 35.9 Å². The lowest BCUT2D eigenvalue weighted by atomic mass is 10.2. The quantitative estimate of drug-likeness (QED) is 0.768. The molecule has 0 aromatic carbocycles. The average Bonchev–Trinajstić information content (AvgIpc) is 2.73. The number of nitrogens with one attached hydrogen (secondary N) is 2. The third-order valence-corrected chi connectivity index (χ3v) is 3.03. The third kappa shape index (κ3) is 3.74. The fourth-order valence-electron chi connectivity index (χ4n) is 2.15. The maximum atomic E-state index is 5.40. The molecule has 1 aromatic heterocycles. The predicted molar refractivity (Wildman–Crippen MR) is 86.3 cm³/mol. The molecule has 0 bridgehead atoms. The van der Waals surface area contributed by atoms with Crippen LogP contribution < -0.4 is 15.4 Å². The molecular weight excluding hydrogens is 357 g/mol. The van der Waals surface area contributed by atoms with Crippen LogP contribution in [0.15, 0.2) is 4.99 Å². The normalized spacial score (nSPS) is 14.2. The first-order valence-electron chi connectivity index (χ1n) is 6.37. The summed E-state index contributed by atoms with van der Waals surface area (Å²) in [5, 5.41) is 11.0. The van der Waals surface area contributed by atoms with E-state index in [9.17, 15) is 0 Å². The molecule has 1 aromatic rings. The summed E-state index contributed by atoms with van der Waals surface area (Å²) in [6.07, 6.45) is 2.00. The van der Waals surface area contributed by atoms with Crippen LogP contribution in [0.25, 0.3) is 0 Å². The summed E-state index contributed by atoms with van der Waals surface area (Å²) in [6, 6.07) is 0. The van der Waals surface area contributed by atoms with E-state index in [-0.39, 0.29) is 24.0 Å². The molecule has 1 aliphatic heterocycles. The zero-order valence-corrected chi connectivity index (χ0v) is 14.0. The van der Waals surface area contributed by atoms with E-state index in [0.717, 1.165) is 49.0 Å². The fourth-order valence-corrected chi connectivity index (χ4v) is 2.15. The minimum Gasteiger partial charge on any atom is -0.481 e. The number of guanidine groups is 1. The van der Waals surface area contributed by atoms with Crippen molar-refractivity contribution in [3.8, 4) is 5.88 Å². The second-order valence-corrected chi connectivity index (χ2v) is 4.28. The van der Waals surface area contributed by atoms with Crippen LogP contribution in [0.4, 0.5) is 0 Å². The number of rotatable bonds is 4. The van der Waals surface area contributed by atoms with Crippen LogP contribution in [0.5, 0.6) is 5.88 Å². The Balaban J connectivity index is 0.00000180. The molecule has 2 rings (SSSR count). The molecule has 2 N–H and O–H groups in total. The van der Waals surface area contributed by atoms with Crippen LogP contribution >= 0.6 is 24.0 Å². The minimum atomic E-state index is 0. The van der Waals surface area contributed by atoms with Crippen molar-refractivity contribution in [2.45, 2.75) is 26.3 Å².